The standard InChI is InChI=1S/C18H14N4O2S/c1-10-16(21-22-18(24)25-10)12-4-5-15-13(8-12)14(17(23)20-15)7-11-3-2-6-19-9-11/h2-10H,1H3,(H,20,23)(H,22,24). The van der Waals surface area contributed by atoms with Crippen LogP contribution in [0.3, 0.4) is 0 Å². The third-order valence-corrected chi connectivity index (χ3v) is 4.91. The number of hydrogen-bond donors (Lipinski definition) is 2. The molecule has 1 aromatic carbocycles. The highest BCUT2D eigenvalue weighted by atomic mass is 32.2. The number of hydrazone groups is 1. The van der Waals surface area contributed by atoms with Gasteiger partial charge in [0.2, 0.25) is 0 Å². The van der Waals surface area contributed by atoms with Gasteiger partial charge in [-0.05, 0) is 42.3 Å². The van der Waals surface area contributed by atoms with E-state index in [0.717, 1.165) is 28.1 Å². The minimum Gasteiger partial charge on any atom is -0.321 e. The first-order chi connectivity index (χ1) is 12.1. The number of rotatable bonds is 2. The van der Waals surface area contributed by atoms with Gasteiger partial charge in [0.05, 0.1) is 11.0 Å². The summed E-state index contributed by atoms with van der Waals surface area (Å²) in [7, 11) is 0. The highest BCUT2D eigenvalue weighted by Gasteiger charge is 2.27. The van der Waals surface area contributed by atoms with Gasteiger partial charge in [-0.2, -0.15) is 5.10 Å². The van der Waals surface area contributed by atoms with Gasteiger partial charge >= 0.3 is 0 Å². The molecule has 0 radical (unpaired) electrons. The zero-order valence-corrected chi connectivity index (χ0v) is 14.1. The molecular formula is C18H14N4O2S. The lowest BCUT2D eigenvalue weighted by Gasteiger charge is -2.18. The van der Waals surface area contributed by atoms with Crippen molar-refractivity contribution in [3.63, 3.8) is 0 Å². The van der Waals surface area contributed by atoms with Gasteiger partial charge in [0.25, 0.3) is 11.1 Å². The molecule has 2 aliphatic rings. The summed E-state index contributed by atoms with van der Waals surface area (Å²) >= 11 is 1.20. The molecule has 2 aromatic rings. The first kappa shape index (κ1) is 15.6. The number of amides is 2. The predicted molar refractivity (Wildman–Crippen MR) is 99.3 cm³/mol. The zero-order chi connectivity index (χ0) is 17.4. The number of carbonyl (C=O) groups is 2. The molecule has 25 heavy (non-hydrogen) atoms. The van der Waals surface area contributed by atoms with Gasteiger partial charge in [-0.3, -0.25) is 14.6 Å². The van der Waals surface area contributed by atoms with Crippen LogP contribution in [0.1, 0.15) is 23.6 Å². The maximum atomic E-state index is 12.3. The smallest absolute Gasteiger partial charge is 0.299 e. The minimum absolute atomic E-state index is 0.0531. The Bertz CT molecular complexity index is 937. The molecular weight excluding hydrogens is 336 g/mol. The number of hydrogen-bond acceptors (Lipinski definition) is 5. The van der Waals surface area contributed by atoms with E-state index < -0.39 is 0 Å². The Balaban J connectivity index is 1.76. The number of fused-ring (bicyclic) bond motifs is 1. The van der Waals surface area contributed by atoms with E-state index in [9.17, 15) is 9.59 Å². The number of aromatic nitrogens is 1. The van der Waals surface area contributed by atoms with Crippen LogP contribution in [0.2, 0.25) is 0 Å². The molecule has 0 spiro atoms. The predicted octanol–water partition coefficient (Wildman–Crippen LogP) is 3.12. The molecule has 0 bridgehead atoms. The van der Waals surface area contributed by atoms with Crippen molar-refractivity contribution in [3.8, 4) is 0 Å². The summed E-state index contributed by atoms with van der Waals surface area (Å²) in [5, 5.41) is 6.84. The average Bonchev–Trinajstić information content (AvgIpc) is 2.91. The second-order valence-electron chi connectivity index (χ2n) is 5.72. The van der Waals surface area contributed by atoms with Crippen LogP contribution >= 0.6 is 11.8 Å². The van der Waals surface area contributed by atoms with E-state index >= 15 is 0 Å². The van der Waals surface area contributed by atoms with Gasteiger partial charge in [0.1, 0.15) is 0 Å². The summed E-state index contributed by atoms with van der Waals surface area (Å²) in [5.41, 5.74) is 7.20. The molecule has 0 saturated carbocycles. The van der Waals surface area contributed by atoms with E-state index in [-0.39, 0.29) is 16.4 Å². The zero-order valence-electron chi connectivity index (χ0n) is 13.3. The fourth-order valence-corrected chi connectivity index (χ4v) is 3.58. The number of nitrogens with one attached hydrogen (secondary N) is 2. The summed E-state index contributed by atoms with van der Waals surface area (Å²) in [6.45, 7) is 1.94. The van der Waals surface area contributed by atoms with Crippen LogP contribution in [-0.4, -0.2) is 27.1 Å². The molecule has 0 fully saturated rings. The number of benzene rings is 1. The second-order valence-corrected chi connectivity index (χ2v) is 7.03. The normalized spacial score (nSPS) is 20.8. The van der Waals surface area contributed by atoms with Crippen LogP contribution in [0.4, 0.5) is 10.5 Å². The Labute approximate surface area is 148 Å². The SMILES string of the molecule is CC1SC(=O)NN=C1c1ccc2c(c1)C(=Cc1cccnc1)C(=O)N2. The van der Waals surface area contributed by atoms with E-state index in [1.165, 1.54) is 11.8 Å². The number of carbonyl (C=O) groups excluding carboxylic acids is 2. The molecule has 1 unspecified atom stereocenters. The molecule has 2 N–H and O–H groups in total. The van der Waals surface area contributed by atoms with Crippen molar-refractivity contribution in [2.75, 3.05) is 5.32 Å². The number of anilines is 1. The molecule has 1 aromatic heterocycles. The number of nitrogens with zero attached hydrogens (tertiary/aromatic N) is 2. The maximum Gasteiger partial charge on any atom is 0.299 e. The Morgan fingerprint density at radius 2 is 2.12 bits per heavy atom. The fourth-order valence-electron chi connectivity index (χ4n) is 2.86. The number of pyridine rings is 1. The molecule has 2 amide bonds. The van der Waals surface area contributed by atoms with Gasteiger partial charge in [0, 0.05) is 29.2 Å². The Morgan fingerprint density at radius 3 is 2.88 bits per heavy atom. The summed E-state index contributed by atoms with van der Waals surface area (Å²) in [6.07, 6.45) is 5.22. The molecule has 4 rings (SSSR count). The molecule has 3 heterocycles. The van der Waals surface area contributed by atoms with Crippen molar-refractivity contribution < 1.29 is 9.59 Å². The van der Waals surface area contributed by atoms with Gasteiger partial charge in [-0.25, -0.2) is 5.43 Å². The highest BCUT2D eigenvalue weighted by Crippen LogP contribution is 2.35. The van der Waals surface area contributed by atoms with E-state index in [2.05, 4.69) is 20.8 Å². The molecule has 2 aliphatic heterocycles. The van der Waals surface area contributed by atoms with Crippen molar-refractivity contribution >= 4 is 46.0 Å². The molecule has 6 nitrogen and oxygen atoms in total. The third kappa shape index (κ3) is 2.94. The first-order valence-corrected chi connectivity index (χ1v) is 8.62. The molecule has 124 valence electrons. The van der Waals surface area contributed by atoms with Crippen LogP contribution in [0.5, 0.6) is 0 Å². The van der Waals surface area contributed by atoms with Crippen LogP contribution in [0, 0.1) is 0 Å². The van der Waals surface area contributed by atoms with Crippen LogP contribution in [-0.2, 0) is 4.79 Å². The molecule has 0 aliphatic carbocycles. The lowest BCUT2D eigenvalue weighted by atomic mass is 9.99. The summed E-state index contributed by atoms with van der Waals surface area (Å²) in [6, 6.07) is 9.43. The van der Waals surface area contributed by atoms with Crippen molar-refractivity contribution in [2.45, 2.75) is 12.2 Å². The molecule has 0 saturated heterocycles. The lowest BCUT2D eigenvalue weighted by molar-refractivity contribution is -0.110. The summed E-state index contributed by atoms with van der Waals surface area (Å²) in [5.74, 6) is -0.141. The molecule has 1 atom stereocenters. The van der Waals surface area contributed by atoms with Crippen molar-refractivity contribution in [3.05, 3.63) is 59.4 Å². The highest BCUT2D eigenvalue weighted by molar-refractivity contribution is 8.14. The largest absolute Gasteiger partial charge is 0.321 e. The Hall–Kier alpha value is -2.93. The van der Waals surface area contributed by atoms with Gasteiger partial charge in [0.15, 0.2) is 0 Å². The summed E-state index contributed by atoms with van der Waals surface area (Å²) in [4.78, 5) is 27.8. The first-order valence-electron chi connectivity index (χ1n) is 7.74. The van der Waals surface area contributed by atoms with Crippen LogP contribution in [0.15, 0.2) is 47.8 Å². The third-order valence-electron chi connectivity index (χ3n) is 4.03. The quantitative estimate of drug-likeness (QED) is 0.815. The maximum absolute atomic E-state index is 12.3. The van der Waals surface area contributed by atoms with E-state index in [1.807, 2.05) is 43.3 Å². The van der Waals surface area contributed by atoms with Crippen LogP contribution < -0.4 is 10.7 Å². The van der Waals surface area contributed by atoms with E-state index in [1.54, 1.807) is 12.4 Å². The van der Waals surface area contributed by atoms with Gasteiger partial charge in [-0.1, -0.05) is 23.9 Å². The fraction of sp³-hybridized carbons (Fsp3) is 0.111. The van der Waals surface area contributed by atoms with Crippen LogP contribution in [0.25, 0.3) is 11.6 Å². The van der Waals surface area contributed by atoms with Crippen molar-refractivity contribution in [1.82, 2.24) is 10.4 Å². The van der Waals surface area contributed by atoms with Gasteiger partial charge < -0.3 is 5.32 Å². The lowest BCUT2D eigenvalue weighted by Crippen LogP contribution is -2.29. The molecule has 7 heteroatoms. The van der Waals surface area contributed by atoms with Crippen molar-refractivity contribution in [2.24, 2.45) is 5.10 Å². The van der Waals surface area contributed by atoms with Gasteiger partial charge in [-0.15, -0.1) is 0 Å². The minimum atomic E-state index is -0.161. The number of thioether (sulfide) groups is 1. The average molecular weight is 350 g/mol. The monoisotopic (exact) mass is 350 g/mol. The van der Waals surface area contributed by atoms with E-state index in [4.69, 9.17) is 0 Å². The van der Waals surface area contributed by atoms with E-state index in [0.29, 0.717) is 5.57 Å². The van der Waals surface area contributed by atoms with Crippen molar-refractivity contribution in [1.29, 1.82) is 0 Å². The summed E-state index contributed by atoms with van der Waals surface area (Å²) < 4.78 is 0. The Morgan fingerprint density at radius 1 is 1.24 bits per heavy atom. The second kappa shape index (κ2) is 6.18. The Kier molecular flexibility index (Phi) is 3.85. The topological polar surface area (TPSA) is 83.5 Å².